The van der Waals surface area contributed by atoms with Gasteiger partial charge in [0.05, 0.1) is 18.2 Å². The molecule has 0 unspecified atom stereocenters. The van der Waals surface area contributed by atoms with Crippen LogP contribution in [0.3, 0.4) is 0 Å². The number of aromatic nitrogens is 2. The summed E-state index contributed by atoms with van der Waals surface area (Å²) in [5.41, 5.74) is 3.47. The third-order valence-corrected chi connectivity index (χ3v) is 5.24. The van der Waals surface area contributed by atoms with Gasteiger partial charge in [0.1, 0.15) is 0 Å². The van der Waals surface area contributed by atoms with Gasteiger partial charge in [-0.15, -0.1) is 10.2 Å². The van der Waals surface area contributed by atoms with Crippen LogP contribution in [0.15, 0.2) is 22.5 Å². The molecule has 0 bridgehead atoms. The molecule has 24 heavy (non-hydrogen) atoms. The Balaban J connectivity index is 1.92. The molecule has 0 saturated carbocycles. The van der Waals surface area contributed by atoms with Crippen molar-refractivity contribution in [3.8, 4) is 6.07 Å². The Bertz CT molecular complexity index is 738. The van der Waals surface area contributed by atoms with E-state index in [0.717, 1.165) is 22.0 Å². The summed E-state index contributed by atoms with van der Waals surface area (Å²) in [6.07, 6.45) is 1.26. The quantitative estimate of drug-likeness (QED) is 0.554. The van der Waals surface area contributed by atoms with Gasteiger partial charge in [-0.25, -0.2) is 0 Å². The number of aryl methyl sites for hydroxylation is 2. The maximum atomic E-state index is 11.6. The van der Waals surface area contributed by atoms with Crippen molar-refractivity contribution >= 4 is 39.8 Å². The highest BCUT2D eigenvalue weighted by atomic mass is 32.2. The molecule has 0 spiro atoms. The van der Waals surface area contributed by atoms with E-state index in [4.69, 9.17) is 5.26 Å². The van der Waals surface area contributed by atoms with E-state index in [9.17, 15) is 4.79 Å². The average Bonchev–Trinajstić information content (AvgIpc) is 3.03. The van der Waals surface area contributed by atoms with Crippen LogP contribution >= 0.6 is 23.1 Å². The molecule has 1 aromatic carbocycles. The van der Waals surface area contributed by atoms with Crippen LogP contribution in [0, 0.1) is 18.3 Å². The number of carbonyl (C=O) groups excluding carboxylic acids is 1. The number of nitrogens with zero attached hydrogens (tertiary/aromatic N) is 3. The van der Waals surface area contributed by atoms with Crippen molar-refractivity contribution in [1.82, 2.24) is 15.5 Å². The van der Waals surface area contributed by atoms with Crippen LogP contribution < -0.4 is 10.6 Å². The third-order valence-electron chi connectivity index (χ3n) is 3.26. The fourth-order valence-electron chi connectivity index (χ4n) is 2.06. The maximum absolute atomic E-state index is 11.6. The molecule has 0 aliphatic heterocycles. The Hall–Kier alpha value is -2.11. The topological polar surface area (TPSA) is 90.7 Å². The first-order chi connectivity index (χ1) is 11.6. The average molecular weight is 361 g/mol. The van der Waals surface area contributed by atoms with Gasteiger partial charge in [-0.2, -0.15) is 5.26 Å². The standard InChI is InChI=1S/C16H19N5OS2/c1-3-12-7-4-6-11(2)14(12)19-15-20-21-16(24-15)23-10-13(22)18-9-5-8-17/h4,6-7H,3,5,9-10H2,1-2H3,(H,18,22)(H,19,20). The van der Waals surface area contributed by atoms with Gasteiger partial charge in [0.25, 0.3) is 0 Å². The second-order valence-corrected chi connectivity index (χ2v) is 7.21. The molecule has 6 nitrogen and oxygen atoms in total. The van der Waals surface area contributed by atoms with Gasteiger partial charge < -0.3 is 10.6 Å². The number of thioether (sulfide) groups is 1. The zero-order valence-electron chi connectivity index (χ0n) is 13.6. The normalized spacial score (nSPS) is 10.2. The summed E-state index contributed by atoms with van der Waals surface area (Å²) in [7, 11) is 0. The number of hydrogen-bond acceptors (Lipinski definition) is 7. The Labute approximate surface area is 149 Å². The summed E-state index contributed by atoms with van der Waals surface area (Å²) in [5.74, 6) is 0.164. The highest BCUT2D eigenvalue weighted by Crippen LogP contribution is 2.30. The molecule has 0 saturated heterocycles. The lowest BCUT2D eigenvalue weighted by Crippen LogP contribution is -2.25. The second-order valence-electron chi connectivity index (χ2n) is 5.01. The summed E-state index contributed by atoms with van der Waals surface area (Å²) in [6.45, 7) is 4.56. The van der Waals surface area contributed by atoms with Crippen molar-refractivity contribution in [2.75, 3.05) is 17.6 Å². The Morgan fingerprint density at radius 2 is 2.25 bits per heavy atom. The fourth-order valence-corrected chi connectivity index (χ4v) is 3.65. The maximum Gasteiger partial charge on any atom is 0.230 e. The summed E-state index contributed by atoms with van der Waals surface area (Å²) in [4.78, 5) is 11.6. The number of para-hydroxylation sites is 1. The summed E-state index contributed by atoms with van der Waals surface area (Å²) in [5, 5.41) is 23.4. The Morgan fingerprint density at radius 3 is 3.00 bits per heavy atom. The van der Waals surface area contributed by atoms with Gasteiger partial charge in [-0.3, -0.25) is 4.79 Å². The lowest BCUT2D eigenvalue weighted by molar-refractivity contribution is -0.118. The first-order valence-corrected chi connectivity index (χ1v) is 9.39. The van der Waals surface area contributed by atoms with Crippen molar-refractivity contribution in [1.29, 1.82) is 5.26 Å². The molecular formula is C16H19N5OS2. The number of carbonyl (C=O) groups is 1. The zero-order chi connectivity index (χ0) is 17.4. The molecule has 0 aliphatic carbocycles. The van der Waals surface area contributed by atoms with Crippen LogP contribution in [-0.4, -0.2) is 28.4 Å². The van der Waals surface area contributed by atoms with Gasteiger partial charge in [0.15, 0.2) is 4.34 Å². The number of nitriles is 1. The monoisotopic (exact) mass is 361 g/mol. The minimum absolute atomic E-state index is 0.105. The fraction of sp³-hybridized carbons (Fsp3) is 0.375. The van der Waals surface area contributed by atoms with Crippen molar-refractivity contribution in [3.63, 3.8) is 0 Å². The minimum Gasteiger partial charge on any atom is -0.354 e. The molecule has 0 aliphatic rings. The lowest BCUT2D eigenvalue weighted by Gasteiger charge is -2.11. The number of hydrogen-bond donors (Lipinski definition) is 2. The van der Waals surface area contributed by atoms with Crippen LogP contribution in [0.25, 0.3) is 0 Å². The van der Waals surface area contributed by atoms with Gasteiger partial charge in [-0.05, 0) is 24.5 Å². The van der Waals surface area contributed by atoms with E-state index < -0.39 is 0 Å². The van der Waals surface area contributed by atoms with Gasteiger partial charge in [0.2, 0.25) is 11.0 Å². The third kappa shape index (κ3) is 5.22. The van der Waals surface area contributed by atoms with E-state index >= 15 is 0 Å². The largest absolute Gasteiger partial charge is 0.354 e. The van der Waals surface area contributed by atoms with Crippen molar-refractivity contribution < 1.29 is 4.79 Å². The van der Waals surface area contributed by atoms with Crippen molar-refractivity contribution in [2.45, 2.75) is 31.0 Å². The van der Waals surface area contributed by atoms with Crippen LogP contribution in [-0.2, 0) is 11.2 Å². The molecule has 0 fully saturated rings. The highest BCUT2D eigenvalue weighted by molar-refractivity contribution is 8.01. The Morgan fingerprint density at radius 1 is 1.42 bits per heavy atom. The van der Waals surface area contributed by atoms with Gasteiger partial charge in [0, 0.05) is 12.2 Å². The first kappa shape index (κ1) is 18.2. The van der Waals surface area contributed by atoms with E-state index in [1.165, 1.54) is 28.7 Å². The summed E-state index contributed by atoms with van der Waals surface area (Å²) < 4.78 is 0.736. The van der Waals surface area contributed by atoms with E-state index in [2.05, 4.69) is 46.8 Å². The molecule has 2 N–H and O–H groups in total. The zero-order valence-corrected chi connectivity index (χ0v) is 15.3. The van der Waals surface area contributed by atoms with Crippen molar-refractivity contribution in [3.05, 3.63) is 29.3 Å². The van der Waals surface area contributed by atoms with Gasteiger partial charge in [-0.1, -0.05) is 48.2 Å². The van der Waals surface area contributed by atoms with Gasteiger partial charge >= 0.3 is 0 Å². The van der Waals surface area contributed by atoms with Crippen LogP contribution in [0.1, 0.15) is 24.5 Å². The number of nitrogens with one attached hydrogen (secondary N) is 2. The predicted octanol–water partition coefficient (Wildman–Crippen LogP) is 3.27. The Kier molecular flexibility index (Phi) is 7.03. The number of amides is 1. The first-order valence-electron chi connectivity index (χ1n) is 7.59. The van der Waals surface area contributed by atoms with Crippen LogP contribution in [0.2, 0.25) is 0 Å². The predicted molar refractivity (Wildman–Crippen MR) is 97.7 cm³/mol. The summed E-state index contributed by atoms with van der Waals surface area (Å²) >= 11 is 2.77. The minimum atomic E-state index is -0.105. The van der Waals surface area contributed by atoms with Crippen LogP contribution in [0.5, 0.6) is 0 Å². The summed E-state index contributed by atoms with van der Waals surface area (Å²) in [6, 6.07) is 8.19. The molecule has 2 aromatic rings. The van der Waals surface area contributed by atoms with Crippen LogP contribution in [0.4, 0.5) is 10.8 Å². The molecule has 2 rings (SSSR count). The molecule has 1 amide bonds. The number of anilines is 2. The molecule has 0 atom stereocenters. The van der Waals surface area contributed by atoms with E-state index in [1.54, 1.807) is 0 Å². The van der Waals surface area contributed by atoms with E-state index in [1.807, 2.05) is 12.1 Å². The van der Waals surface area contributed by atoms with E-state index in [-0.39, 0.29) is 11.7 Å². The highest BCUT2D eigenvalue weighted by Gasteiger charge is 2.10. The second kappa shape index (κ2) is 9.25. The van der Waals surface area contributed by atoms with E-state index in [0.29, 0.717) is 18.1 Å². The SMILES string of the molecule is CCc1cccc(C)c1Nc1nnc(SCC(=O)NCCC#N)s1. The number of benzene rings is 1. The van der Waals surface area contributed by atoms with Crippen molar-refractivity contribution in [2.24, 2.45) is 0 Å². The lowest BCUT2D eigenvalue weighted by atomic mass is 10.1. The molecule has 126 valence electrons. The molecule has 1 heterocycles. The number of rotatable bonds is 8. The molecule has 0 radical (unpaired) electrons. The molecular weight excluding hydrogens is 342 g/mol. The molecule has 1 aromatic heterocycles. The molecule has 8 heteroatoms. The smallest absolute Gasteiger partial charge is 0.230 e.